The van der Waals surface area contributed by atoms with E-state index < -0.39 is 0 Å². The molecule has 0 saturated heterocycles. The van der Waals surface area contributed by atoms with Gasteiger partial charge in [-0.05, 0) is 38.1 Å². The lowest BCUT2D eigenvalue weighted by Crippen LogP contribution is -2.27. The highest BCUT2D eigenvalue weighted by Gasteiger charge is 2.20. The van der Waals surface area contributed by atoms with Crippen molar-refractivity contribution in [3.63, 3.8) is 0 Å². The van der Waals surface area contributed by atoms with E-state index in [4.69, 9.17) is 4.74 Å². The predicted molar refractivity (Wildman–Crippen MR) is 57.3 cm³/mol. The van der Waals surface area contributed by atoms with Gasteiger partial charge in [0.15, 0.2) is 0 Å². The largest absolute Gasteiger partial charge is 0.392 e. The highest BCUT2D eigenvalue weighted by molar-refractivity contribution is 4.71. The van der Waals surface area contributed by atoms with E-state index in [-0.39, 0.29) is 6.10 Å². The molecule has 3 heteroatoms. The first kappa shape index (κ1) is 12.0. The monoisotopic (exact) mass is 201 g/mol. The number of hydrogen-bond donors (Lipinski definition) is 2. The maximum Gasteiger partial charge on any atom is 0.0662 e. The molecule has 1 unspecified atom stereocenters. The average Bonchev–Trinajstić information content (AvgIpc) is 2.99. The van der Waals surface area contributed by atoms with Crippen molar-refractivity contribution >= 4 is 0 Å². The van der Waals surface area contributed by atoms with Gasteiger partial charge in [-0.25, -0.2) is 0 Å². The van der Waals surface area contributed by atoms with Crippen LogP contribution in [0.15, 0.2) is 0 Å². The lowest BCUT2D eigenvalue weighted by molar-refractivity contribution is 0.120. The van der Waals surface area contributed by atoms with Gasteiger partial charge >= 0.3 is 0 Å². The molecule has 0 amide bonds. The van der Waals surface area contributed by atoms with Crippen LogP contribution < -0.4 is 5.32 Å². The van der Waals surface area contributed by atoms with Crippen LogP contribution in [0.25, 0.3) is 0 Å². The van der Waals surface area contributed by atoms with Crippen molar-refractivity contribution < 1.29 is 9.84 Å². The number of rotatable bonds is 9. The van der Waals surface area contributed by atoms with Gasteiger partial charge < -0.3 is 15.2 Å². The van der Waals surface area contributed by atoms with Crippen LogP contribution in [0.5, 0.6) is 0 Å². The SMILES string of the molecule is CCC(O)CNCCCOCC1CC1. The fourth-order valence-electron chi connectivity index (χ4n) is 1.25. The Morgan fingerprint density at radius 2 is 2.29 bits per heavy atom. The highest BCUT2D eigenvalue weighted by atomic mass is 16.5. The Morgan fingerprint density at radius 1 is 1.50 bits per heavy atom. The first-order chi connectivity index (χ1) is 6.83. The highest BCUT2D eigenvalue weighted by Crippen LogP contribution is 2.28. The van der Waals surface area contributed by atoms with E-state index in [0.29, 0.717) is 6.54 Å². The molecule has 0 heterocycles. The Labute approximate surface area is 86.8 Å². The second-order valence-corrected chi connectivity index (χ2v) is 4.14. The molecule has 0 aromatic rings. The van der Waals surface area contributed by atoms with Gasteiger partial charge in [-0.15, -0.1) is 0 Å². The standard InChI is InChI=1S/C11H23NO2/c1-2-11(13)8-12-6-3-7-14-9-10-4-5-10/h10-13H,2-9H2,1H3. The zero-order valence-electron chi connectivity index (χ0n) is 9.17. The molecule has 2 N–H and O–H groups in total. The van der Waals surface area contributed by atoms with E-state index in [0.717, 1.165) is 38.5 Å². The number of hydrogen-bond acceptors (Lipinski definition) is 3. The number of nitrogens with one attached hydrogen (secondary N) is 1. The molecule has 0 spiro atoms. The van der Waals surface area contributed by atoms with E-state index in [1.807, 2.05) is 6.92 Å². The summed E-state index contributed by atoms with van der Waals surface area (Å²) in [4.78, 5) is 0. The van der Waals surface area contributed by atoms with Crippen LogP contribution >= 0.6 is 0 Å². The van der Waals surface area contributed by atoms with Crippen LogP contribution in [0.2, 0.25) is 0 Å². The predicted octanol–water partition coefficient (Wildman–Crippen LogP) is 1.16. The van der Waals surface area contributed by atoms with Gasteiger partial charge in [-0.1, -0.05) is 6.92 Å². The molecule has 1 rings (SSSR count). The van der Waals surface area contributed by atoms with Crippen LogP contribution in [0.3, 0.4) is 0 Å². The van der Waals surface area contributed by atoms with E-state index in [2.05, 4.69) is 5.32 Å². The van der Waals surface area contributed by atoms with Crippen molar-refractivity contribution in [1.82, 2.24) is 5.32 Å². The second-order valence-electron chi connectivity index (χ2n) is 4.14. The first-order valence-electron chi connectivity index (χ1n) is 5.79. The summed E-state index contributed by atoms with van der Waals surface area (Å²) in [5.74, 6) is 0.866. The normalized spacial score (nSPS) is 18.4. The summed E-state index contributed by atoms with van der Waals surface area (Å²) in [6.45, 7) is 5.45. The molecule has 1 aliphatic rings. The van der Waals surface area contributed by atoms with Crippen molar-refractivity contribution in [2.24, 2.45) is 5.92 Å². The summed E-state index contributed by atoms with van der Waals surface area (Å²) in [6.07, 6.45) is 4.40. The van der Waals surface area contributed by atoms with Crippen molar-refractivity contribution in [3.8, 4) is 0 Å². The average molecular weight is 201 g/mol. The van der Waals surface area contributed by atoms with Gasteiger partial charge in [0.1, 0.15) is 0 Å². The summed E-state index contributed by atoms with van der Waals surface area (Å²) in [7, 11) is 0. The zero-order chi connectivity index (χ0) is 10.2. The van der Waals surface area contributed by atoms with Crippen LogP contribution in [0, 0.1) is 5.92 Å². The van der Waals surface area contributed by atoms with Crippen LogP contribution in [0.1, 0.15) is 32.6 Å². The van der Waals surface area contributed by atoms with Crippen molar-refractivity contribution in [1.29, 1.82) is 0 Å². The molecule has 0 aliphatic heterocycles. The molecule has 1 atom stereocenters. The Balaban J connectivity index is 1.70. The molecule has 0 aromatic carbocycles. The summed E-state index contributed by atoms with van der Waals surface area (Å²) in [5, 5.41) is 12.5. The number of ether oxygens (including phenoxy) is 1. The summed E-state index contributed by atoms with van der Waals surface area (Å²) >= 11 is 0. The molecular formula is C11H23NO2. The minimum absolute atomic E-state index is 0.192. The van der Waals surface area contributed by atoms with E-state index in [1.54, 1.807) is 0 Å². The second kappa shape index (κ2) is 7.21. The van der Waals surface area contributed by atoms with E-state index in [1.165, 1.54) is 12.8 Å². The molecule has 3 nitrogen and oxygen atoms in total. The molecular weight excluding hydrogens is 178 g/mol. The Kier molecular flexibility index (Phi) is 6.15. The first-order valence-corrected chi connectivity index (χ1v) is 5.79. The topological polar surface area (TPSA) is 41.5 Å². The third kappa shape index (κ3) is 6.35. The van der Waals surface area contributed by atoms with Crippen LogP contribution in [-0.2, 0) is 4.74 Å². The number of aliphatic hydroxyl groups excluding tert-OH is 1. The lowest BCUT2D eigenvalue weighted by Gasteiger charge is -2.09. The smallest absolute Gasteiger partial charge is 0.0662 e. The summed E-state index contributed by atoms with van der Waals surface area (Å²) in [5.41, 5.74) is 0. The van der Waals surface area contributed by atoms with Crippen LogP contribution in [-0.4, -0.2) is 37.5 Å². The third-order valence-corrected chi connectivity index (χ3v) is 2.54. The van der Waals surface area contributed by atoms with Gasteiger partial charge in [0.05, 0.1) is 6.10 Å². The maximum absolute atomic E-state index is 9.25. The molecule has 1 fully saturated rings. The Hall–Kier alpha value is -0.120. The molecule has 14 heavy (non-hydrogen) atoms. The third-order valence-electron chi connectivity index (χ3n) is 2.54. The fraction of sp³-hybridized carbons (Fsp3) is 1.00. The Bertz CT molecular complexity index is 137. The maximum atomic E-state index is 9.25. The van der Waals surface area contributed by atoms with E-state index in [9.17, 15) is 5.11 Å². The molecule has 1 saturated carbocycles. The molecule has 0 radical (unpaired) electrons. The molecule has 0 aromatic heterocycles. The molecule has 1 aliphatic carbocycles. The van der Waals surface area contributed by atoms with Gasteiger partial charge in [0.2, 0.25) is 0 Å². The van der Waals surface area contributed by atoms with Crippen molar-refractivity contribution in [3.05, 3.63) is 0 Å². The van der Waals surface area contributed by atoms with Gasteiger partial charge in [-0.3, -0.25) is 0 Å². The molecule has 0 bridgehead atoms. The van der Waals surface area contributed by atoms with Gasteiger partial charge in [0, 0.05) is 19.8 Å². The lowest BCUT2D eigenvalue weighted by atomic mass is 10.3. The molecule has 84 valence electrons. The Morgan fingerprint density at radius 3 is 2.93 bits per heavy atom. The number of aliphatic hydroxyl groups is 1. The van der Waals surface area contributed by atoms with Gasteiger partial charge in [0.25, 0.3) is 0 Å². The van der Waals surface area contributed by atoms with Crippen molar-refractivity contribution in [2.45, 2.75) is 38.7 Å². The fourth-order valence-corrected chi connectivity index (χ4v) is 1.25. The summed E-state index contributed by atoms with van der Waals surface area (Å²) in [6, 6.07) is 0. The van der Waals surface area contributed by atoms with E-state index >= 15 is 0 Å². The van der Waals surface area contributed by atoms with Crippen molar-refractivity contribution in [2.75, 3.05) is 26.3 Å². The zero-order valence-corrected chi connectivity index (χ0v) is 9.17. The van der Waals surface area contributed by atoms with Gasteiger partial charge in [-0.2, -0.15) is 0 Å². The summed E-state index contributed by atoms with van der Waals surface area (Å²) < 4.78 is 5.49. The minimum atomic E-state index is -0.192. The minimum Gasteiger partial charge on any atom is -0.392 e. The van der Waals surface area contributed by atoms with Crippen LogP contribution in [0.4, 0.5) is 0 Å². The quantitative estimate of drug-likeness (QED) is 0.550.